The van der Waals surface area contributed by atoms with Crippen molar-refractivity contribution in [1.82, 2.24) is 4.90 Å². The normalized spacial score (nSPS) is 17.4. The van der Waals surface area contributed by atoms with Crippen LogP contribution in [0.25, 0.3) is 0 Å². The van der Waals surface area contributed by atoms with Gasteiger partial charge in [-0.15, -0.1) is 0 Å². The number of carbonyl (C=O) groups excluding carboxylic acids is 2. The fourth-order valence-electron chi connectivity index (χ4n) is 3.53. The number of amides is 1. The molecular formula is C21H24N2O2. The van der Waals surface area contributed by atoms with Gasteiger partial charge in [0.15, 0.2) is 5.78 Å². The van der Waals surface area contributed by atoms with Gasteiger partial charge < -0.3 is 5.32 Å². The van der Waals surface area contributed by atoms with Crippen LogP contribution in [-0.4, -0.2) is 29.7 Å². The van der Waals surface area contributed by atoms with Crippen LogP contribution in [0.5, 0.6) is 0 Å². The minimum atomic E-state index is -0.0406. The van der Waals surface area contributed by atoms with E-state index in [4.69, 9.17) is 0 Å². The molecule has 25 heavy (non-hydrogen) atoms. The predicted octanol–water partition coefficient (Wildman–Crippen LogP) is 3.97. The molecule has 1 saturated heterocycles. The molecule has 1 aliphatic heterocycles. The lowest BCUT2D eigenvalue weighted by Gasteiger charge is -2.25. The summed E-state index contributed by atoms with van der Waals surface area (Å²) in [5, 5.41) is 2.92. The summed E-state index contributed by atoms with van der Waals surface area (Å²) >= 11 is 0. The molecule has 0 saturated carbocycles. The molecule has 1 atom stereocenters. The van der Waals surface area contributed by atoms with E-state index < -0.39 is 0 Å². The average molecular weight is 336 g/mol. The van der Waals surface area contributed by atoms with Gasteiger partial charge in [0, 0.05) is 17.3 Å². The monoisotopic (exact) mass is 336 g/mol. The van der Waals surface area contributed by atoms with Crippen molar-refractivity contribution in [3.63, 3.8) is 0 Å². The van der Waals surface area contributed by atoms with Crippen LogP contribution in [0.1, 0.15) is 47.3 Å². The zero-order valence-corrected chi connectivity index (χ0v) is 14.8. The minimum absolute atomic E-state index is 0.00439. The van der Waals surface area contributed by atoms with E-state index in [2.05, 4.69) is 35.3 Å². The second-order valence-corrected chi connectivity index (χ2v) is 6.67. The molecule has 1 unspecified atom stereocenters. The maximum Gasteiger partial charge on any atom is 0.238 e. The van der Waals surface area contributed by atoms with Gasteiger partial charge in [-0.05, 0) is 56.5 Å². The quantitative estimate of drug-likeness (QED) is 0.841. The number of nitrogens with zero attached hydrogens (tertiary/aromatic N) is 1. The molecule has 0 aliphatic carbocycles. The Labute approximate surface area is 148 Å². The van der Waals surface area contributed by atoms with Gasteiger partial charge in [0.1, 0.15) is 0 Å². The Balaban J connectivity index is 1.67. The molecule has 0 bridgehead atoms. The predicted molar refractivity (Wildman–Crippen MR) is 99.8 cm³/mol. The number of carbonyl (C=O) groups is 2. The molecule has 1 aliphatic rings. The number of nitrogens with one attached hydrogen (secondary N) is 1. The van der Waals surface area contributed by atoms with Crippen LogP contribution < -0.4 is 5.32 Å². The van der Waals surface area contributed by atoms with Crippen molar-refractivity contribution in [3.05, 3.63) is 65.2 Å². The van der Waals surface area contributed by atoms with Crippen LogP contribution in [0.2, 0.25) is 0 Å². The third-order valence-electron chi connectivity index (χ3n) is 4.81. The Morgan fingerprint density at radius 1 is 1.16 bits per heavy atom. The standard InChI is InChI=1S/C21H24N2O2/c1-15-7-3-4-10-19(15)20-11-6-12-23(20)14-21(25)22-18-9-5-8-17(13-18)16(2)24/h3-5,7-10,13,20H,6,11-12,14H2,1-2H3,(H,22,25). The van der Waals surface area contributed by atoms with Crippen molar-refractivity contribution >= 4 is 17.4 Å². The summed E-state index contributed by atoms with van der Waals surface area (Å²) in [6, 6.07) is 15.8. The number of ketones is 1. The number of hydrogen-bond donors (Lipinski definition) is 1. The first-order valence-corrected chi connectivity index (χ1v) is 8.75. The summed E-state index contributed by atoms with van der Waals surface area (Å²) in [6.07, 6.45) is 2.18. The molecule has 0 radical (unpaired) electrons. The van der Waals surface area contributed by atoms with Crippen LogP contribution in [0.15, 0.2) is 48.5 Å². The fraction of sp³-hybridized carbons (Fsp3) is 0.333. The molecule has 1 heterocycles. The van der Waals surface area contributed by atoms with Crippen molar-refractivity contribution in [1.29, 1.82) is 0 Å². The van der Waals surface area contributed by atoms with Crippen LogP contribution in [-0.2, 0) is 4.79 Å². The number of rotatable bonds is 5. The number of likely N-dealkylation sites (tertiary alicyclic amines) is 1. The van der Waals surface area contributed by atoms with Crippen molar-refractivity contribution in [2.45, 2.75) is 32.7 Å². The second-order valence-electron chi connectivity index (χ2n) is 6.67. The first-order chi connectivity index (χ1) is 12.0. The second kappa shape index (κ2) is 7.62. The highest BCUT2D eigenvalue weighted by atomic mass is 16.2. The molecule has 1 N–H and O–H groups in total. The highest BCUT2D eigenvalue weighted by Crippen LogP contribution is 2.33. The molecule has 2 aromatic carbocycles. The van der Waals surface area contributed by atoms with E-state index in [0.717, 1.165) is 19.4 Å². The molecule has 3 rings (SSSR count). The molecule has 1 amide bonds. The maximum absolute atomic E-state index is 12.5. The van der Waals surface area contributed by atoms with Crippen LogP contribution >= 0.6 is 0 Å². The molecule has 4 heteroatoms. The Morgan fingerprint density at radius 3 is 2.72 bits per heavy atom. The summed E-state index contributed by atoms with van der Waals surface area (Å²) in [6.45, 7) is 4.94. The molecule has 0 spiro atoms. The van der Waals surface area contributed by atoms with Gasteiger partial charge in [0.25, 0.3) is 0 Å². The van der Waals surface area contributed by atoms with E-state index in [1.165, 1.54) is 18.1 Å². The summed E-state index contributed by atoms with van der Waals surface area (Å²) in [7, 11) is 0. The van der Waals surface area contributed by atoms with Gasteiger partial charge in [-0.3, -0.25) is 14.5 Å². The van der Waals surface area contributed by atoms with Crippen LogP contribution in [0.4, 0.5) is 5.69 Å². The minimum Gasteiger partial charge on any atom is -0.325 e. The Kier molecular flexibility index (Phi) is 5.29. The van der Waals surface area contributed by atoms with Crippen molar-refractivity contribution in [3.8, 4) is 0 Å². The van der Waals surface area contributed by atoms with E-state index in [1.54, 1.807) is 18.2 Å². The summed E-state index contributed by atoms with van der Waals surface area (Å²) in [5.74, 6) is -0.0450. The summed E-state index contributed by atoms with van der Waals surface area (Å²) < 4.78 is 0. The van der Waals surface area contributed by atoms with Crippen molar-refractivity contribution in [2.75, 3.05) is 18.4 Å². The van der Waals surface area contributed by atoms with Gasteiger partial charge in [-0.25, -0.2) is 0 Å². The van der Waals surface area contributed by atoms with E-state index in [-0.39, 0.29) is 11.7 Å². The SMILES string of the molecule is CC(=O)c1cccc(NC(=O)CN2CCCC2c2ccccc2C)c1. The average Bonchev–Trinajstić information content (AvgIpc) is 3.03. The number of aryl methyl sites for hydroxylation is 1. The smallest absolute Gasteiger partial charge is 0.238 e. The number of Topliss-reactive ketones (excluding diaryl/α,β-unsaturated/α-hetero) is 1. The summed E-state index contributed by atoms with van der Waals surface area (Å²) in [4.78, 5) is 26.2. The lowest BCUT2D eigenvalue weighted by molar-refractivity contribution is -0.117. The van der Waals surface area contributed by atoms with Crippen molar-refractivity contribution < 1.29 is 9.59 Å². The highest BCUT2D eigenvalue weighted by Gasteiger charge is 2.28. The number of hydrogen-bond acceptors (Lipinski definition) is 3. The van der Waals surface area contributed by atoms with E-state index >= 15 is 0 Å². The lowest BCUT2D eigenvalue weighted by atomic mass is 9.99. The van der Waals surface area contributed by atoms with Gasteiger partial charge >= 0.3 is 0 Å². The molecule has 130 valence electrons. The Bertz CT molecular complexity index is 785. The van der Waals surface area contributed by atoms with Gasteiger partial charge in [-0.1, -0.05) is 36.4 Å². The number of anilines is 1. The molecule has 2 aromatic rings. The van der Waals surface area contributed by atoms with Crippen LogP contribution in [0, 0.1) is 6.92 Å². The maximum atomic E-state index is 12.5. The molecule has 4 nitrogen and oxygen atoms in total. The lowest BCUT2D eigenvalue weighted by Crippen LogP contribution is -2.33. The summed E-state index contributed by atoms with van der Waals surface area (Å²) in [5.41, 5.74) is 3.86. The van der Waals surface area contributed by atoms with E-state index in [9.17, 15) is 9.59 Å². The Morgan fingerprint density at radius 2 is 1.96 bits per heavy atom. The fourth-order valence-corrected chi connectivity index (χ4v) is 3.53. The van der Waals surface area contributed by atoms with E-state index in [0.29, 0.717) is 23.8 Å². The van der Waals surface area contributed by atoms with Gasteiger partial charge in [0.05, 0.1) is 6.54 Å². The third kappa shape index (κ3) is 4.15. The van der Waals surface area contributed by atoms with Crippen LogP contribution in [0.3, 0.4) is 0 Å². The molecule has 0 aromatic heterocycles. The van der Waals surface area contributed by atoms with Gasteiger partial charge in [0.2, 0.25) is 5.91 Å². The highest BCUT2D eigenvalue weighted by molar-refractivity contribution is 5.97. The first kappa shape index (κ1) is 17.4. The first-order valence-electron chi connectivity index (χ1n) is 8.75. The third-order valence-corrected chi connectivity index (χ3v) is 4.81. The zero-order valence-electron chi connectivity index (χ0n) is 14.8. The van der Waals surface area contributed by atoms with E-state index in [1.807, 2.05) is 12.1 Å². The Hall–Kier alpha value is -2.46. The topological polar surface area (TPSA) is 49.4 Å². The van der Waals surface area contributed by atoms with Gasteiger partial charge in [-0.2, -0.15) is 0 Å². The molecule has 1 fully saturated rings. The zero-order chi connectivity index (χ0) is 17.8. The largest absolute Gasteiger partial charge is 0.325 e. The number of benzene rings is 2. The molecular weight excluding hydrogens is 312 g/mol. The van der Waals surface area contributed by atoms with Crippen molar-refractivity contribution in [2.24, 2.45) is 0 Å².